The Balaban J connectivity index is 1.48. The molecule has 5 rings (SSSR count). The smallest absolute Gasteiger partial charge is 0.326 e. The summed E-state index contributed by atoms with van der Waals surface area (Å²) in [7, 11) is 1.45. The van der Waals surface area contributed by atoms with Gasteiger partial charge in [0.25, 0.3) is 0 Å². The third-order valence-corrected chi connectivity index (χ3v) is 9.72. The first-order chi connectivity index (χ1) is 22.5. The molecule has 11 nitrogen and oxygen atoms in total. The lowest BCUT2D eigenvalue weighted by molar-refractivity contribution is -0.143. The number of carbonyl (C=O) groups excluding carboxylic acids is 3. The van der Waals surface area contributed by atoms with Gasteiger partial charge in [-0.05, 0) is 67.6 Å². The number of imide groups is 1. The second-order valence-electron chi connectivity index (χ2n) is 12.8. The Bertz CT molecular complexity index is 1500. The van der Waals surface area contributed by atoms with E-state index in [0.717, 1.165) is 36.1 Å². The van der Waals surface area contributed by atoms with Gasteiger partial charge in [-0.3, -0.25) is 24.2 Å². The van der Waals surface area contributed by atoms with Crippen molar-refractivity contribution in [3.05, 3.63) is 53.3 Å². The van der Waals surface area contributed by atoms with Crippen molar-refractivity contribution in [3.63, 3.8) is 0 Å². The molecule has 3 aliphatic heterocycles. The molecule has 2 aromatic rings. The van der Waals surface area contributed by atoms with Gasteiger partial charge in [0, 0.05) is 56.8 Å². The highest BCUT2D eigenvalue weighted by Crippen LogP contribution is 2.43. The molecule has 0 bridgehead atoms. The number of aryl methyl sites for hydroxylation is 1. The molecule has 0 aliphatic carbocycles. The normalized spacial score (nSPS) is 21.2. The molecule has 4 amide bonds. The summed E-state index contributed by atoms with van der Waals surface area (Å²) in [6, 6.07) is 9.03. The third kappa shape index (κ3) is 7.22. The molecule has 47 heavy (non-hydrogen) atoms. The summed E-state index contributed by atoms with van der Waals surface area (Å²) in [5.41, 5.74) is 1.82. The molecule has 3 heterocycles. The van der Waals surface area contributed by atoms with Gasteiger partial charge >= 0.3 is 12.0 Å². The number of nitrogens with zero attached hydrogens (tertiary/aromatic N) is 4. The van der Waals surface area contributed by atoms with Crippen LogP contribution >= 0.6 is 0 Å². The van der Waals surface area contributed by atoms with Crippen LogP contribution in [0.15, 0.2) is 36.4 Å². The minimum Gasteiger partial charge on any atom is -0.481 e. The molecule has 0 aromatic heterocycles. The minimum absolute atomic E-state index is 0.0534. The number of amides is 4. The van der Waals surface area contributed by atoms with E-state index in [1.165, 1.54) is 13.1 Å². The fourth-order valence-corrected chi connectivity index (χ4v) is 7.30. The summed E-state index contributed by atoms with van der Waals surface area (Å²) in [5, 5.41) is 10.7. The largest absolute Gasteiger partial charge is 0.481 e. The van der Waals surface area contributed by atoms with Gasteiger partial charge in [0.15, 0.2) is 11.5 Å². The maximum absolute atomic E-state index is 14.4. The van der Waals surface area contributed by atoms with E-state index in [2.05, 4.69) is 13.8 Å². The Labute approximate surface area is 275 Å². The standard InChI is InChI=1S/C35H45FN4O7/c1-5-7-24(8-6-2)40(25-10-11-27(36)22(3)17-25)32(42)20-39-19-26(23-9-12-29-30(18-23)47-21-46-29)33(34(43)44)28(39)13-15-38-16-14-31(41)37(4)35(38)45/h9-12,17-18,24,26,28,33H,5-8,13-16,19-21H2,1-4H3,(H,43,44)/t26-,28+,33-/m1/s1. The zero-order chi connectivity index (χ0) is 33.8. The number of rotatable bonds is 13. The van der Waals surface area contributed by atoms with Gasteiger partial charge in [0.1, 0.15) is 5.82 Å². The van der Waals surface area contributed by atoms with Crippen LogP contribution in [-0.2, 0) is 14.4 Å². The average Bonchev–Trinajstić information content (AvgIpc) is 3.66. The van der Waals surface area contributed by atoms with Crippen molar-refractivity contribution < 1.29 is 38.1 Å². The average molecular weight is 653 g/mol. The first-order valence-electron chi connectivity index (χ1n) is 16.5. The Morgan fingerprint density at radius 1 is 1.06 bits per heavy atom. The second-order valence-corrected chi connectivity index (χ2v) is 12.8. The number of urea groups is 1. The molecule has 3 aliphatic rings. The summed E-state index contributed by atoms with van der Waals surface area (Å²) in [6.07, 6.45) is 3.73. The fraction of sp³-hybridized carbons (Fsp3) is 0.543. The number of aliphatic carboxylic acids is 1. The first-order valence-corrected chi connectivity index (χ1v) is 16.5. The van der Waals surface area contributed by atoms with Gasteiger partial charge < -0.3 is 24.4 Å². The maximum Gasteiger partial charge on any atom is 0.326 e. The van der Waals surface area contributed by atoms with Gasteiger partial charge in [-0.15, -0.1) is 0 Å². The van der Waals surface area contributed by atoms with Crippen LogP contribution in [0.1, 0.15) is 69.4 Å². The van der Waals surface area contributed by atoms with Crippen LogP contribution < -0.4 is 14.4 Å². The van der Waals surface area contributed by atoms with E-state index in [0.29, 0.717) is 35.7 Å². The van der Waals surface area contributed by atoms with Crippen LogP contribution in [0.25, 0.3) is 0 Å². The highest BCUT2D eigenvalue weighted by atomic mass is 19.1. The van der Waals surface area contributed by atoms with Crippen LogP contribution in [0.5, 0.6) is 11.5 Å². The van der Waals surface area contributed by atoms with Crippen LogP contribution in [0.4, 0.5) is 14.9 Å². The van der Waals surface area contributed by atoms with Crippen molar-refractivity contribution in [2.75, 3.05) is 44.9 Å². The molecule has 12 heteroatoms. The minimum atomic E-state index is -0.995. The second kappa shape index (κ2) is 14.7. The molecule has 0 unspecified atom stereocenters. The van der Waals surface area contributed by atoms with Crippen molar-refractivity contribution in [1.82, 2.24) is 14.7 Å². The number of ether oxygens (including phenoxy) is 2. The molecule has 3 atom stereocenters. The molecule has 2 saturated heterocycles. The Morgan fingerprint density at radius 2 is 1.79 bits per heavy atom. The number of hydrogen-bond donors (Lipinski definition) is 1. The highest BCUT2D eigenvalue weighted by Gasteiger charge is 2.48. The summed E-state index contributed by atoms with van der Waals surface area (Å²) >= 11 is 0. The maximum atomic E-state index is 14.4. The zero-order valence-electron chi connectivity index (χ0n) is 27.6. The van der Waals surface area contributed by atoms with E-state index in [4.69, 9.17) is 9.47 Å². The monoisotopic (exact) mass is 652 g/mol. The lowest BCUT2D eigenvalue weighted by atomic mass is 9.84. The van der Waals surface area contributed by atoms with E-state index >= 15 is 0 Å². The Kier molecular flexibility index (Phi) is 10.7. The number of benzene rings is 2. The van der Waals surface area contributed by atoms with Crippen molar-refractivity contribution in [2.24, 2.45) is 5.92 Å². The van der Waals surface area contributed by atoms with Crippen molar-refractivity contribution >= 4 is 29.5 Å². The van der Waals surface area contributed by atoms with E-state index in [9.17, 15) is 28.7 Å². The molecule has 2 fully saturated rings. The summed E-state index contributed by atoms with van der Waals surface area (Å²) in [4.78, 5) is 58.8. The quantitative estimate of drug-likeness (QED) is 0.321. The topological polar surface area (TPSA) is 120 Å². The van der Waals surface area contributed by atoms with Crippen molar-refractivity contribution in [3.8, 4) is 11.5 Å². The third-order valence-electron chi connectivity index (χ3n) is 9.72. The molecular weight excluding hydrogens is 607 g/mol. The molecule has 0 radical (unpaired) electrons. The SMILES string of the molecule is CCCC(CCC)N(C(=O)CN1C[C@H](c2ccc3c(c2)OCO3)[C@@H](C(=O)O)[C@@H]1CCN1CCC(=O)N(C)C1=O)c1ccc(F)c(C)c1. The van der Waals surface area contributed by atoms with Gasteiger partial charge in [-0.25, -0.2) is 9.18 Å². The van der Waals surface area contributed by atoms with Crippen molar-refractivity contribution in [2.45, 2.75) is 77.3 Å². The molecule has 0 spiro atoms. The Hall–Kier alpha value is -4.19. The van der Waals surface area contributed by atoms with Gasteiger partial charge in [-0.1, -0.05) is 32.8 Å². The van der Waals surface area contributed by atoms with E-state index < -0.39 is 29.9 Å². The van der Waals surface area contributed by atoms with Gasteiger partial charge in [0.05, 0.1) is 12.5 Å². The number of halogens is 1. The number of carboxylic acids is 1. The molecule has 254 valence electrons. The van der Waals surface area contributed by atoms with E-state index in [-0.39, 0.29) is 56.5 Å². The molecule has 1 N–H and O–H groups in total. The number of carboxylic acid groups (broad SMARTS) is 1. The Morgan fingerprint density at radius 3 is 2.47 bits per heavy atom. The van der Waals surface area contributed by atoms with Crippen LogP contribution in [0.3, 0.4) is 0 Å². The molecular formula is C35H45FN4O7. The number of anilines is 1. The van der Waals surface area contributed by atoms with Gasteiger partial charge in [0.2, 0.25) is 18.6 Å². The number of likely N-dealkylation sites (tertiary alicyclic amines) is 1. The highest BCUT2D eigenvalue weighted by molar-refractivity contribution is 5.96. The predicted octanol–water partition coefficient (Wildman–Crippen LogP) is 5.01. The predicted molar refractivity (Wildman–Crippen MR) is 173 cm³/mol. The molecule has 2 aromatic carbocycles. The van der Waals surface area contributed by atoms with Gasteiger partial charge in [-0.2, -0.15) is 0 Å². The van der Waals surface area contributed by atoms with Crippen LogP contribution in [-0.4, -0.2) is 95.7 Å². The van der Waals surface area contributed by atoms with E-state index in [1.54, 1.807) is 34.9 Å². The fourth-order valence-electron chi connectivity index (χ4n) is 7.30. The summed E-state index contributed by atoms with van der Waals surface area (Å²) in [6.45, 7) is 6.63. The van der Waals surface area contributed by atoms with Crippen molar-refractivity contribution in [1.29, 1.82) is 0 Å². The first kappa shape index (κ1) is 34.2. The zero-order valence-corrected chi connectivity index (χ0v) is 27.6. The number of carbonyl (C=O) groups is 4. The lowest BCUT2D eigenvalue weighted by Gasteiger charge is -2.36. The number of fused-ring (bicyclic) bond motifs is 1. The number of hydrogen-bond acceptors (Lipinski definition) is 7. The molecule has 0 saturated carbocycles. The summed E-state index contributed by atoms with van der Waals surface area (Å²) < 4.78 is 25.4. The summed E-state index contributed by atoms with van der Waals surface area (Å²) in [5.74, 6) is -2.00. The lowest BCUT2D eigenvalue weighted by Crippen LogP contribution is -2.52. The van der Waals surface area contributed by atoms with Crippen LogP contribution in [0, 0.1) is 18.7 Å². The van der Waals surface area contributed by atoms with Crippen LogP contribution in [0.2, 0.25) is 0 Å². The van der Waals surface area contributed by atoms with E-state index in [1.807, 2.05) is 17.0 Å².